The molecular formula is C21H23N5O4. The standard InChI is InChI=1S/C21H23N5O4/c1-24-20-15(11-23-24)21(28)25(13-22-20)12-19(27)26-7-2-4-16(26)14-5-6-17-18(10-14)30-9-3-8-29-17/h5-6,10-11,13,16H,2-4,7-9,12H2,1H3. The van der Waals surface area contributed by atoms with Crippen LogP contribution in [0.15, 0.2) is 35.5 Å². The summed E-state index contributed by atoms with van der Waals surface area (Å²) in [5, 5.41) is 4.48. The van der Waals surface area contributed by atoms with Gasteiger partial charge in [0.25, 0.3) is 5.56 Å². The first-order valence-electron chi connectivity index (χ1n) is 10.2. The van der Waals surface area contributed by atoms with Gasteiger partial charge in [-0.3, -0.25) is 18.8 Å². The van der Waals surface area contributed by atoms with Gasteiger partial charge in [-0.05, 0) is 30.5 Å². The molecule has 0 bridgehead atoms. The highest BCUT2D eigenvalue weighted by Gasteiger charge is 2.31. The molecule has 9 heteroatoms. The normalized spacial score (nSPS) is 18.6. The number of ether oxygens (including phenoxy) is 2. The van der Waals surface area contributed by atoms with Gasteiger partial charge in [-0.1, -0.05) is 6.07 Å². The van der Waals surface area contributed by atoms with Crippen molar-refractivity contribution in [3.05, 3.63) is 46.6 Å². The highest BCUT2D eigenvalue weighted by atomic mass is 16.5. The molecule has 9 nitrogen and oxygen atoms in total. The molecule has 3 aromatic rings. The van der Waals surface area contributed by atoms with Gasteiger partial charge in [0.1, 0.15) is 18.3 Å². The topological polar surface area (TPSA) is 91.5 Å². The van der Waals surface area contributed by atoms with Crippen LogP contribution in [0.3, 0.4) is 0 Å². The van der Waals surface area contributed by atoms with Crippen LogP contribution < -0.4 is 15.0 Å². The fraction of sp³-hybridized carbons (Fsp3) is 0.429. The quantitative estimate of drug-likeness (QED) is 0.653. The number of benzene rings is 1. The van der Waals surface area contributed by atoms with E-state index in [2.05, 4.69) is 10.1 Å². The summed E-state index contributed by atoms with van der Waals surface area (Å²) in [5.41, 5.74) is 1.28. The summed E-state index contributed by atoms with van der Waals surface area (Å²) in [6.45, 7) is 1.88. The molecule has 1 amide bonds. The molecule has 1 aromatic carbocycles. The number of aryl methyl sites for hydroxylation is 1. The number of hydrogen-bond donors (Lipinski definition) is 0. The molecule has 5 rings (SSSR count). The zero-order chi connectivity index (χ0) is 20.7. The summed E-state index contributed by atoms with van der Waals surface area (Å²) in [5.74, 6) is 1.37. The van der Waals surface area contributed by atoms with Crippen LogP contribution in [0.1, 0.15) is 30.9 Å². The monoisotopic (exact) mass is 409 g/mol. The summed E-state index contributed by atoms with van der Waals surface area (Å²) in [4.78, 5) is 31.9. The number of likely N-dealkylation sites (tertiary alicyclic amines) is 1. The molecule has 30 heavy (non-hydrogen) atoms. The van der Waals surface area contributed by atoms with Crippen LogP contribution >= 0.6 is 0 Å². The lowest BCUT2D eigenvalue weighted by atomic mass is 10.0. The third-order valence-electron chi connectivity index (χ3n) is 5.75. The van der Waals surface area contributed by atoms with Gasteiger partial charge in [0, 0.05) is 20.0 Å². The second-order valence-electron chi connectivity index (χ2n) is 7.68. The number of carbonyl (C=O) groups excluding carboxylic acids is 1. The Hall–Kier alpha value is -3.36. The molecule has 0 N–H and O–H groups in total. The van der Waals surface area contributed by atoms with Crippen LogP contribution in [-0.2, 0) is 18.4 Å². The van der Waals surface area contributed by atoms with Gasteiger partial charge in [0.15, 0.2) is 17.1 Å². The van der Waals surface area contributed by atoms with E-state index in [0.29, 0.717) is 30.8 Å². The Morgan fingerprint density at radius 1 is 1.20 bits per heavy atom. The van der Waals surface area contributed by atoms with E-state index >= 15 is 0 Å². The van der Waals surface area contributed by atoms with Gasteiger partial charge in [0.05, 0.1) is 25.5 Å². The predicted molar refractivity (Wildman–Crippen MR) is 109 cm³/mol. The number of carbonyl (C=O) groups is 1. The summed E-state index contributed by atoms with van der Waals surface area (Å²) >= 11 is 0. The number of rotatable bonds is 3. The molecule has 0 saturated carbocycles. The molecule has 0 spiro atoms. The summed E-state index contributed by atoms with van der Waals surface area (Å²) < 4.78 is 14.4. The smallest absolute Gasteiger partial charge is 0.264 e. The lowest BCUT2D eigenvalue weighted by molar-refractivity contribution is -0.132. The molecule has 1 fully saturated rings. The predicted octanol–water partition coefficient (Wildman–Crippen LogP) is 1.65. The summed E-state index contributed by atoms with van der Waals surface area (Å²) in [6.07, 6.45) is 5.55. The number of nitrogens with zero attached hydrogens (tertiary/aromatic N) is 5. The molecule has 4 heterocycles. The molecule has 1 unspecified atom stereocenters. The third-order valence-corrected chi connectivity index (χ3v) is 5.75. The van der Waals surface area contributed by atoms with Crippen LogP contribution in [0.2, 0.25) is 0 Å². The van der Waals surface area contributed by atoms with E-state index in [1.54, 1.807) is 11.7 Å². The van der Waals surface area contributed by atoms with E-state index in [1.807, 2.05) is 23.1 Å². The summed E-state index contributed by atoms with van der Waals surface area (Å²) in [7, 11) is 1.73. The molecule has 0 aliphatic carbocycles. The maximum Gasteiger partial charge on any atom is 0.264 e. The van der Waals surface area contributed by atoms with Crippen molar-refractivity contribution in [2.24, 2.45) is 7.05 Å². The average molecular weight is 409 g/mol. The maximum atomic E-state index is 13.1. The van der Waals surface area contributed by atoms with E-state index in [0.717, 1.165) is 36.3 Å². The van der Waals surface area contributed by atoms with Gasteiger partial charge in [-0.15, -0.1) is 0 Å². The van der Waals surface area contributed by atoms with Gasteiger partial charge in [-0.25, -0.2) is 4.98 Å². The van der Waals surface area contributed by atoms with Crippen molar-refractivity contribution in [1.82, 2.24) is 24.2 Å². The van der Waals surface area contributed by atoms with E-state index in [4.69, 9.17) is 9.47 Å². The highest BCUT2D eigenvalue weighted by molar-refractivity contribution is 5.78. The highest BCUT2D eigenvalue weighted by Crippen LogP contribution is 2.38. The van der Waals surface area contributed by atoms with E-state index < -0.39 is 0 Å². The Labute approximate surface area is 172 Å². The van der Waals surface area contributed by atoms with Crippen molar-refractivity contribution >= 4 is 16.9 Å². The molecule has 1 atom stereocenters. The van der Waals surface area contributed by atoms with Crippen LogP contribution in [0.4, 0.5) is 0 Å². The molecule has 2 aliphatic heterocycles. The lowest BCUT2D eigenvalue weighted by Gasteiger charge is -2.26. The summed E-state index contributed by atoms with van der Waals surface area (Å²) in [6, 6.07) is 5.85. The van der Waals surface area contributed by atoms with Crippen molar-refractivity contribution in [2.45, 2.75) is 31.8 Å². The molecular weight excluding hydrogens is 386 g/mol. The third kappa shape index (κ3) is 3.20. The first kappa shape index (κ1) is 18.7. The van der Waals surface area contributed by atoms with Crippen molar-refractivity contribution in [3.63, 3.8) is 0 Å². The van der Waals surface area contributed by atoms with Crippen molar-refractivity contribution < 1.29 is 14.3 Å². The van der Waals surface area contributed by atoms with Crippen molar-refractivity contribution in [1.29, 1.82) is 0 Å². The van der Waals surface area contributed by atoms with Crippen molar-refractivity contribution in [3.8, 4) is 11.5 Å². The fourth-order valence-electron chi connectivity index (χ4n) is 4.21. The average Bonchev–Trinajstić information content (AvgIpc) is 3.31. The Bertz CT molecular complexity index is 1170. The largest absolute Gasteiger partial charge is 0.490 e. The zero-order valence-electron chi connectivity index (χ0n) is 16.8. The minimum atomic E-state index is -0.257. The zero-order valence-corrected chi connectivity index (χ0v) is 16.8. The number of aromatic nitrogens is 4. The van der Waals surface area contributed by atoms with E-state index in [1.165, 1.54) is 17.1 Å². The fourth-order valence-corrected chi connectivity index (χ4v) is 4.21. The maximum absolute atomic E-state index is 13.1. The number of hydrogen-bond acceptors (Lipinski definition) is 6. The second-order valence-corrected chi connectivity index (χ2v) is 7.68. The minimum absolute atomic E-state index is 0.0413. The van der Waals surface area contributed by atoms with Crippen molar-refractivity contribution in [2.75, 3.05) is 19.8 Å². The molecule has 2 aliphatic rings. The molecule has 2 aromatic heterocycles. The number of amides is 1. The van der Waals surface area contributed by atoms with Gasteiger partial charge < -0.3 is 14.4 Å². The Balaban J connectivity index is 1.39. The second kappa shape index (κ2) is 7.47. The Kier molecular flexibility index (Phi) is 4.65. The van der Waals surface area contributed by atoms with Crippen LogP contribution in [0, 0.1) is 0 Å². The van der Waals surface area contributed by atoms with E-state index in [9.17, 15) is 9.59 Å². The number of fused-ring (bicyclic) bond motifs is 2. The Morgan fingerprint density at radius 2 is 2.03 bits per heavy atom. The SMILES string of the molecule is Cn1ncc2c(=O)n(CC(=O)N3CCCC3c3ccc4c(c3)OCCCO4)cnc21. The molecule has 0 radical (unpaired) electrons. The lowest BCUT2D eigenvalue weighted by Crippen LogP contribution is -2.36. The minimum Gasteiger partial charge on any atom is -0.490 e. The molecule has 1 saturated heterocycles. The first-order chi connectivity index (χ1) is 14.6. The Morgan fingerprint density at radius 3 is 2.90 bits per heavy atom. The molecule has 156 valence electrons. The van der Waals surface area contributed by atoms with E-state index in [-0.39, 0.29) is 24.1 Å². The van der Waals surface area contributed by atoms with Crippen LogP contribution in [0.5, 0.6) is 11.5 Å². The van der Waals surface area contributed by atoms with Crippen LogP contribution in [-0.4, -0.2) is 49.9 Å². The van der Waals surface area contributed by atoms with Gasteiger partial charge in [-0.2, -0.15) is 5.10 Å². The van der Waals surface area contributed by atoms with Crippen LogP contribution in [0.25, 0.3) is 11.0 Å². The first-order valence-corrected chi connectivity index (χ1v) is 10.2. The van der Waals surface area contributed by atoms with Gasteiger partial charge in [0.2, 0.25) is 5.91 Å². The van der Waals surface area contributed by atoms with Gasteiger partial charge >= 0.3 is 0 Å².